The fourth-order valence-electron chi connectivity index (χ4n) is 0.591. The molecule has 5 heteroatoms. The average Bonchev–Trinajstić information content (AvgIpc) is 1.88. The first-order chi connectivity index (χ1) is 4.70. The van der Waals surface area contributed by atoms with Crippen LogP contribution in [0, 0.1) is 0 Å². The van der Waals surface area contributed by atoms with Gasteiger partial charge in [0.15, 0.2) is 5.17 Å². The minimum absolute atomic E-state index is 0.347. The van der Waals surface area contributed by atoms with Gasteiger partial charge in [0.1, 0.15) is 6.17 Å². The lowest BCUT2D eigenvalue weighted by Gasteiger charge is -2.10. The van der Waals surface area contributed by atoms with Crippen molar-refractivity contribution in [2.75, 3.05) is 6.26 Å². The molecule has 1 rings (SSSR count). The molecule has 0 radical (unpaired) electrons. The van der Waals surface area contributed by atoms with E-state index in [9.17, 15) is 4.21 Å². The molecule has 0 aromatic carbocycles. The number of amidine groups is 1. The summed E-state index contributed by atoms with van der Waals surface area (Å²) in [6, 6.07) is 0. The molecule has 0 aromatic heterocycles. The van der Waals surface area contributed by atoms with Crippen molar-refractivity contribution in [3.8, 4) is 0 Å². The van der Waals surface area contributed by atoms with E-state index in [0.717, 1.165) is 0 Å². The molecule has 0 fully saturated rings. The van der Waals surface area contributed by atoms with Crippen LogP contribution in [0.1, 0.15) is 0 Å². The standard InChI is InChI=1S/C5H9N3OS/c1-10(9)5-7-3-2-4(6)8-5/h2-4H,6H2,1H3,(H,7,8). The monoisotopic (exact) mass is 159 g/mol. The van der Waals surface area contributed by atoms with Crippen molar-refractivity contribution in [3.05, 3.63) is 12.3 Å². The van der Waals surface area contributed by atoms with Gasteiger partial charge in [0.05, 0.1) is 10.8 Å². The van der Waals surface area contributed by atoms with E-state index in [1.54, 1.807) is 18.5 Å². The number of nitrogens with one attached hydrogen (secondary N) is 1. The van der Waals surface area contributed by atoms with Crippen molar-refractivity contribution in [1.29, 1.82) is 0 Å². The highest BCUT2D eigenvalue weighted by molar-refractivity contribution is 7.99. The molecule has 1 aliphatic rings. The largest absolute Gasteiger partial charge is 0.340 e. The Hall–Kier alpha value is -0.680. The Balaban J connectivity index is 2.71. The summed E-state index contributed by atoms with van der Waals surface area (Å²) in [6.45, 7) is 0. The molecule has 0 saturated carbocycles. The lowest BCUT2D eigenvalue weighted by Crippen LogP contribution is -2.31. The second-order valence-corrected chi connectivity index (χ2v) is 3.18. The predicted molar refractivity (Wildman–Crippen MR) is 41.8 cm³/mol. The maximum atomic E-state index is 10.8. The maximum Gasteiger partial charge on any atom is 0.193 e. The molecule has 56 valence electrons. The predicted octanol–water partition coefficient (Wildman–Crippen LogP) is -0.877. The molecule has 1 aliphatic heterocycles. The van der Waals surface area contributed by atoms with E-state index < -0.39 is 10.8 Å². The molecule has 0 aromatic rings. The Morgan fingerprint density at radius 1 is 1.90 bits per heavy atom. The molecule has 1 heterocycles. The minimum Gasteiger partial charge on any atom is -0.340 e. The summed E-state index contributed by atoms with van der Waals surface area (Å²) in [5.41, 5.74) is 5.41. The number of nitrogens with zero attached hydrogens (tertiary/aromatic N) is 1. The lowest BCUT2D eigenvalue weighted by molar-refractivity contribution is 0.691. The van der Waals surface area contributed by atoms with Crippen molar-refractivity contribution in [2.24, 2.45) is 10.7 Å². The van der Waals surface area contributed by atoms with E-state index in [-0.39, 0.29) is 6.17 Å². The van der Waals surface area contributed by atoms with Gasteiger partial charge in [0, 0.05) is 12.5 Å². The molecule has 0 saturated heterocycles. The minimum atomic E-state index is -1.07. The third-order valence-corrected chi connectivity index (χ3v) is 1.81. The summed E-state index contributed by atoms with van der Waals surface area (Å²) in [5, 5.41) is 3.18. The summed E-state index contributed by atoms with van der Waals surface area (Å²) in [6.07, 6.45) is 4.54. The van der Waals surface area contributed by atoms with E-state index in [0.29, 0.717) is 5.17 Å². The number of hydrogen-bond acceptors (Lipinski definition) is 4. The first-order valence-electron chi connectivity index (χ1n) is 2.80. The molecule has 10 heavy (non-hydrogen) atoms. The molecule has 0 spiro atoms. The van der Waals surface area contributed by atoms with Crippen LogP contribution in [0.4, 0.5) is 0 Å². The zero-order valence-corrected chi connectivity index (χ0v) is 6.39. The van der Waals surface area contributed by atoms with Gasteiger partial charge in [-0.3, -0.25) is 4.21 Å². The van der Waals surface area contributed by atoms with Crippen LogP contribution in [0.15, 0.2) is 17.3 Å². The number of hydrogen-bond donors (Lipinski definition) is 2. The summed E-state index contributed by atoms with van der Waals surface area (Å²) in [4.78, 5) is 3.88. The van der Waals surface area contributed by atoms with Crippen LogP contribution in [0.5, 0.6) is 0 Å². The van der Waals surface area contributed by atoms with E-state index in [2.05, 4.69) is 10.3 Å². The molecule has 0 aliphatic carbocycles. The van der Waals surface area contributed by atoms with Gasteiger partial charge >= 0.3 is 0 Å². The van der Waals surface area contributed by atoms with Gasteiger partial charge in [-0.25, -0.2) is 4.99 Å². The summed E-state index contributed by atoms with van der Waals surface area (Å²) in [7, 11) is -1.07. The van der Waals surface area contributed by atoms with Crippen molar-refractivity contribution in [1.82, 2.24) is 5.32 Å². The topological polar surface area (TPSA) is 67.5 Å². The van der Waals surface area contributed by atoms with Crippen LogP contribution in [-0.4, -0.2) is 21.8 Å². The molecule has 0 bridgehead atoms. The zero-order chi connectivity index (χ0) is 7.56. The van der Waals surface area contributed by atoms with Crippen LogP contribution in [0.2, 0.25) is 0 Å². The Morgan fingerprint density at radius 2 is 2.60 bits per heavy atom. The van der Waals surface area contributed by atoms with Crippen LogP contribution in [0.25, 0.3) is 0 Å². The fourth-order valence-corrected chi connectivity index (χ4v) is 1.10. The summed E-state index contributed by atoms with van der Waals surface area (Å²) >= 11 is 0. The van der Waals surface area contributed by atoms with Gasteiger partial charge in [0.2, 0.25) is 0 Å². The van der Waals surface area contributed by atoms with E-state index >= 15 is 0 Å². The summed E-state index contributed by atoms with van der Waals surface area (Å²) < 4.78 is 10.8. The second kappa shape index (κ2) is 2.94. The highest BCUT2D eigenvalue weighted by Gasteiger charge is 2.07. The quantitative estimate of drug-likeness (QED) is 0.482. The van der Waals surface area contributed by atoms with Gasteiger partial charge in [0.25, 0.3) is 0 Å². The zero-order valence-electron chi connectivity index (χ0n) is 5.57. The van der Waals surface area contributed by atoms with Crippen molar-refractivity contribution >= 4 is 16.0 Å². The first kappa shape index (κ1) is 7.43. The van der Waals surface area contributed by atoms with Gasteiger partial charge < -0.3 is 11.1 Å². The molecule has 2 unspecified atom stereocenters. The third-order valence-electron chi connectivity index (χ3n) is 1.04. The van der Waals surface area contributed by atoms with Gasteiger partial charge in [-0.1, -0.05) is 0 Å². The van der Waals surface area contributed by atoms with Crippen molar-refractivity contribution < 1.29 is 4.21 Å². The highest BCUT2D eigenvalue weighted by atomic mass is 32.2. The molecule has 2 atom stereocenters. The second-order valence-electron chi connectivity index (χ2n) is 1.88. The third kappa shape index (κ3) is 1.65. The van der Waals surface area contributed by atoms with E-state index in [4.69, 9.17) is 5.73 Å². The molecular formula is C5H9N3OS. The van der Waals surface area contributed by atoms with Crippen LogP contribution < -0.4 is 11.1 Å². The average molecular weight is 159 g/mol. The Labute approximate surface area is 61.7 Å². The van der Waals surface area contributed by atoms with E-state index in [1.165, 1.54) is 0 Å². The number of nitrogens with two attached hydrogens (primary N) is 1. The SMILES string of the molecule is CS(=O)C1=NC(N)C=CN1. The Kier molecular flexibility index (Phi) is 2.18. The van der Waals surface area contributed by atoms with Gasteiger partial charge in [-0.2, -0.15) is 0 Å². The number of rotatable bonds is 0. The molecule has 0 amide bonds. The van der Waals surface area contributed by atoms with Crippen LogP contribution >= 0.6 is 0 Å². The fraction of sp³-hybridized carbons (Fsp3) is 0.400. The van der Waals surface area contributed by atoms with E-state index in [1.807, 2.05) is 0 Å². The van der Waals surface area contributed by atoms with Gasteiger partial charge in [-0.05, 0) is 6.08 Å². The van der Waals surface area contributed by atoms with Gasteiger partial charge in [-0.15, -0.1) is 0 Å². The van der Waals surface area contributed by atoms with Crippen LogP contribution in [-0.2, 0) is 10.8 Å². The van der Waals surface area contributed by atoms with Crippen molar-refractivity contribution in [3.63, 3.8) is 0 Å². The first-order valence-corrected chi connectivity index (χ1v) is 4.36. The number of aliphatic imine (C=N–C) groups is 1. The normalized spacial score (nSPS) is 27.0. The smallest absolute Gasteiger partial charge is 0.193 e. The molecule has 3 N–H and O–H groups in total. The Morgan fingerprint density at radius 3 is 3.00 bits per heavy atom. The molecule has 4 nitrogen and oxygen atoms in total. The lowest BCUT2D eigenvalue weighted by atomic mass is 10.5. The summed E-state index contributed by atoms with van der Waals surface area (Å²) in [5.74, 6) is 0. The Bertz CT molecular complexity index is 211. The van der Waals surface area contributed by atoms with Crippen LogP contribution in [0.3, 0.4) is 0 Å². The van der Waals surface area contributed by atoms with Crippen molar-refractivity contribution in [2.45, 2.75) is 6.17 Å². The molecular weight excluding hydrogens is 150 g/mol. The maximum absolute atomic E-state index is 10.8. The highest BCUT2D eigenvalue weighted by Crippen LogP contribution is 1.93.